The van der Waals surface area contributed by atoms with Crippen LogP contribution in [0.25, 0.3) is 16.9 Å². The first-order valence-corrected chi connectivity index (χ1v) is 10.0. The van der Waals surface area contributed by atoms with E-state index in [2.05, 4.69) is 15.4 Å². The minimum absolute atomic E-state index is 0.165. The number of hydrogen-bond acceptors (Lipinski definition) is 4. The Morgan fingerprint density at radius 3 is 2.62 bits per heavy atom. The number of anilines is 1. The molecule has 0 aliphatic rings. The summed E-state index contributed by atoms with van der Waals surface area (Å²) in [7, 11) is 0. The summed E-state index contributed by atoms with van der Waals surface area (Å²) in [5.74, 6) is -0.727. The highest BCUT2D eigenvalue weighted by Crippen LogP contribution is 2.27. The van der Waals surface area contributed by atoms with Gasteiger partial charge in [0.05, 0.1) is 22.1 Å². The van der Waals surface area contributed by atoms with Crippen LogP contribution in [-0.2, 0) is 0 Å². The van der Waals surface area contributed by atoms with Crippen LogP contribution in [0.2, 0.25) is 5.15 Å². The van der Waals surface area contributed by atoms with Crippen LogP contribution in [0.4, 0.5) is 10.1 Å². The number of rotatable bonds is 4. The highest BCUT2D eigenvalue weighted by Gasteiger charge is 2.21. The quantitative estimate of drug-likeness (QED) is 0.458. The molecule has 146 valence electrons. The first kappa shape index (κ1) is 19.3. The lowest BCUT2D eigenvalue weighted by atomic mass is 10.1. The maximum absolute atomic E-state index is 13.2. The van der Waals surface area contributed by atoms with E-state index in [0.29, 0.717) is 17.1 Å². The van der Waals surface area contributed by atoms with Crippen LogP contribution in [-0.4, -0.2) is 20.7 Å². The number of hydrogen-bond donors (Lipinski definition) is 1. The summed E-state index contributed by atoms with van der Waals surface area (Å²) >= 11 is 8.00. The van der Waals surface area contributed by atoms with Gasteiger partial charge in [-0.1, -0.05) is 23.7 Å². The fraction of sp³-hybridized carbons (Fsp3) is 0.0952. The normalized spacial score (nSPS) is 10.9. The molecule has 0 bridgehead atoms. The molecule has 0 fully saturated rings. The van der Waals surface area contributed by atoms with Gasteiger partial charge in [-0.05, 0) is 50.2 Å². The Hall–Kier alpha value is -3.03. The molecule has 2 aromatic carbocycles. The molecule has 29 heavy (non-hydrogen) atoms. The predicted octanol–water partition coefficient (Wildman–Crippen LogP) is 5.66. The number of aromatic nitrogens is 3. The van der Waals surface area contributed by atoms with Crippen LogP contribution in [0, 0.1) is 19.7 Å². The average molecular weight is 427 g/mol. The molecule has 1 N–H and O–H groups in total. The van der Waals surface area contributed by atoms with Crippen LogP contribution in [0.15, 0.2) is 53.9 Å². The third-order valence-electron chi connectivity index (χ3n) is 4.34. The maximum atomic E-state index is 13.2. The Kier molecular flexibility index (Phi) is 5.17. The van der Waals surface area contributed by atoms with Crippen molar-refractivity contribution in [2.75, 3.05) is 5.32 Å². The number of aryl methyl sites for hydroxylation is 2. The fourth-order valence-corrected chi connectivity index (χ4v) is 3.94. The maximum Gasteiger partial charge on any atom is 0.260 e. The lowest BCUT2D eigenvalue weighted by Gasteiger charge is -2.07. The van der Waals surface area contributed by atoms with Gasteiger partial charge in [0.1, 0.15) is 16.5 Å². The monoisotopic (exact) mass is 426 g/mol. The number of carbonyl (C=O) groups is 1. The van der Waals surface area contributed by atoms with Gasteiger partial charge in [-0.2, -0.15) is 5.10 Å². The SMILES string of the molecule is Cc1nc(-c2cccc(NC(=O)c3c(C)nn(-c4ccc(F)cc4)c3Cl)c2)cs1. The van der Waals surface area contributed by atoms with Crippen molar-refractivity contribution in [2.24, 2.45) is 0 Å². The Bertz CT molecular complexity index is 1200. The van der Waals surface area contributed by atoms with Gasteiger partial charge in [-0.15, -0.1) is 11.3 Å². The van der Waals surface area contributed by atoms with Crippen LogP contribution >= 0.6 is 22.9 Å². The molecule has 0 aliphatic heterocycles. The molecule has 0 aliphatic carbocycles. The van der Waals surface area contributed by atoms with Crippen LogP contribution < -0.4 is 5.32 Å². The zero-order chi connectivity index (χ0) is 20.5. The zero-order valence-electron chi connectivity index (χ0n) is 15.6. The average Bonchev–Trinajstić information content (AvgIpc) is 3.25. The highest BCUT2D eigenvalue weighted by molar-refractivity contribution is 7.09. The van der Waals surface area contributed by atoms with Crippen molar-refractivity contribution in [3.8, 4) is 16.9 Å². The van der Waals surface area contributed by atoms with Crippen LogP contribution in [0.1, 0.15) is 21.1 Å². The number of benzene rings is 2. The minimum atomic E-state index is -0.368. The van der Waals surface area contributed by atoms with E-state index in [9.17, 15) is 9.18 Å². The summed E-state index contributed by atoms with van der Waals surface area (Å²) in [5, 5.41) is 10.3. The molecule has 0 radical (unpaired) electrons. The molecule has 1 amide bonds. The Balaban J connectivity index is 1.62. The number of amides is 1. The number of carbonyl (C=O) groups excluding carboxylic acids is 1. The molecular weight excluding hydrogens is 411 g/mol. The van der Waals surface area contributed by atoms with Gasteiger partial charge in [-0.3, -0.25) is 4.79 Å². The van der Waals surface area contributed by atoms with E-state index in [1.807, 2.05) is 30.5 Å². The summed E-state index contributed by atoms with van der Waals surface area (Å²) in [6.07, 6.45) is 0. The summed E-state index contributed by atoms with van der Waals surface area (Å²) in [6.45, 7) is 3.65. The molecular formula is C21H16ClFN4OS. The Morgan fingerprint density at radius 2 is 1.93 bits per heavy atom. The summed E-state index contributed by atoms with van der Waals surface area (Å²) < 4.78 is 14.6. The fourth-order valence-electron chi connectivity index (χ4n) is 2.96. The molecule has 0 spiro atoms. The van der Waals surface area contributed by atoms with Crippen molar-refractivity contribution in [3.05, 3.63) is 81.1 Å². The van der Waals surface area contributed by atoms with E-state index in [1.54, 1.807) is 36.5 Å². The number of halogens is 2. The van der Waals surface area contributed by atoms with Gasteiger partial charge in [0, 0.05) is 16.6 Å². The second kappa shape index (κ2) is 7.77. The molecule has 0 atom stereocenters. The molecule has 0 saturated carbocycles. The van der Waals surface area contributed by atoms with Crippen LogP contribution in [0.3, 0.4) is 0 Å². The number of thiazole rings is 1. The second-order valence-corrected chi connectivity index (χ2v) is 7.85. The predicted molar refractivity (Wildman–Crippen MR) is 114 cm³/mol. The molecule has 2 heterocycles. The summed E-state index contributed by atoms with van der Waals surface area (Å²) in [6, 6.07) is 13.2. The van der Waals surface area contributed by atoms with E-state index in [-0.39, 0.29) is 22.4 Å². The smallest absolute Gasteiger partial charge is 0.260 e. The van der Waals surface area contributed by atoms with E-state index in [0.717, 1.165) is 16.3 Å². The lowest BCUT2D eigenvalue weighted by Crippen LogP contribution is -2.13. The van der Waals surface area contributed by atoms with Gasteiger partial charge in [0.15, 0.2) is 0 Å². The van der Waals surface area contributed by atoms with E-state index >= 15 is 0 Å². The topological polar surface area (TPSA) is 59.8 Å². The van der Waals surface area contributed by atoms with Crippen molar-refractivity contribution in [2.45, 2.75) is 13.8 Å². The number of nitrogens with zero attached hydrogens (tertiary/aromatic N) is 3. The second-order valence-electron chi connectivity index (χ2n) is 6.43. The van der Waals surface area contributed by atoms with Crippen LogP contribution in [0.5, 0.6) is 0 Å². The molecule has 0 unspecified atom stereocenters. The molecule has 4 rings (SSSR count). The van der Waals surface area contributed by atoms with Gasteiger partial charge in [-0.25, -0.2) is 14.1 Å². The van der Waals surface area contributed by atoms with Gasteiger partial charge < -0.3 is 5.32 Å². The molecule has 0 saturated heterocycles. The van der Waals surface area contributed by atoms with Crippen molar-refractivity contribution < 1.29 is 9.18 Å². The van der Waals surface area contributed by atoms with E-state index < -0.39 is 0 Å². The molecule has 4 aromatic rings. The number of nitrogens with one attached hydrogen (secondary N) is 1. The zero-order valence-corrected chi connectivity index (χ0v) is 17.2. The standard InChI is InChI=1S/C21H16ClFN4OS/c1-12-19(20(22)27(26-12)17-8-6-15(23)7-9-17)21(28)25-16-5-3-4-14(10-16)18-11-29-13(2)24-18/h3-11H,1-2H3,(H,25,28). The Morgan fingerprint density at radius 1 is 1.17 bits per heavy atom. The van der Waals surface area contributed by atoms with E-state index in [4.69, 9.17) is 11.6 Å². The summed E-state index contributed by atoms with van der Waals surface area (Å²) in [4.78, 5) is 17.4. The van der Waals surface area contributed by atoms with Crippen molar-refractivity contribution in [1.82, 2.24) is 14.8 Å². The third kappa shape index (κ3) is 3.92. The third-order valence-corrected chi connectivity index (χ3v) is 5.46. The van der Waals surface area contributed by atoms with Gasteiger partial charge >= 0.3 is 0 Å². The van der Waals surface area contributed by atoms with Gasteiger partial charge in [0.2, 0.25) is 0 Å². The largest absolute Gasteiger partial charge is 0.322 e. The van der Waals surface area contributed by atoms with E-state index in [1.165, 1.54) is 16.8 Å². The van der Waals surface area contributed by atoms with Gasteiger partial charge in [0.25, 0.3) is 5.91 Å². The van der Waals surface area contributed by atoms with Crippen molar-refractivity contribution in [1.29, 1.82) is 0 Å². The first-order valence-electron chi connectivity index (χ1n) is 8.77. The molecule has 5 nitrogen and oxygen atoms in total. The Labute approximate surface area is 175 Å². The lowest BCUT2D eigenvalue weighted by molar-refractivity contribution is 0.102. The summed E-state index contributed by atoms with van der Waals surface area (Å²) in [5.41, 5.74) is 3.72. The van der Waals surface area contributed by atoms with Crippen molar-refractivity contribution >= 4 is 34.5 Å². The molecule has 2 aromatic heterocycles. The highest BCUT2D eigenvalue weighted by atomic mass is 35.5. The molecule has 8 heteroatoms. The van der Waals surface area contributed by atoms with Crippen molar-refractivity contribution in [3.63, 3.8) is 0 Å². The first-order chi connectivity index (χ1) is 13.9. The minimum Gasteiger partial charge on any atom is -0.322 e.